The van der Waals surface area contributed by atoms with Gasteiger partial charge in [-0.05, 0) is 55.0 Å². The summed E-state index contributed by atoms with van der Waals surface area (Å²) >= 11 is 0. The Kier molecular flexibility index (Phi) is 5.93. The Balaban J connectivity index is 1.44. The van der Waals surface area contributed by atoms with Crippen LogP contribution in [0.25, 0.3) is 11.0 Å². The maximum absolute atomic E-state index is 12.4. The zero-order valence-corrected chi connectivity index (χ0v) is 17.8. The Bertz CT molecular complexity index is 1420. The van der Waals surface area contributed by atoms with Gasteiger partial charge >= 0.3 is 11.6 Å². The number of hydrogen-bond acceptors (Lipinski definition) is 7. The zero-order chi connectivity index (χ0) is 22.7. The van der Waals surface area contributed by atoms with Crippen LogP contribution in [0.4, 0.5) is 0 Å². The van der Waals surface area contributed by atoms with Gasteiger partial charge in [-0.15, -0.1) is 0 Å². The predicted molar refractivity (Wildman–Crippen MR) is 116 cm³/mol. The van der Waals surface area contributed by atoms with Crippen molar-refractivity contribution in [3.8, 4) is 0 Å². The molecule has 2 aromatic carbocycles. The van der Waals surface area contributed by atoms with E-state index in [0.29, 0.717) is 22.3 Å². The van der Waals surface area contributed by atoms with Crippen molar-refractivity contribution in [2.75, 3.05) is 0 Å². The van der Waals surface area contributed by atoms with E-state index in [9.17, 15) is 18.0 Å². The number of fused-ring (bicyclic) bond motifs is 1. The average Bonchev–Trinajstić information content (AvgIpc) is 3.29. The molecule has 4 rings (SSSR count). The van der Waals surface area contributed by atoms with Crippen molar-refractivity contribution >= 4 is 27.0 Å². The third kappa shape index (κ3) is 4.79. The maximum Gasteiger partial charge on any atom is 0.338 e. The average molecular weight is 453 g/mol. The second-order valence-electron chi connectivity index (χ2n) is 7.09. The normalized spacial score (nSPS) is 11.5. The van der Waals surface area contributed by atoms with E-state index in [0.717, 1.165) is 5.56 Å². The fourth-order valence-electron chi connectivity index (χ4n) is 3.12. The number of ether oxygens (including phenoxy) is 1. The number of benzene rings is 2. The predicted octanol–water partition coefficient (Wildman–Crippen LogP) is 3.53. The summed E-state index contributed by atoms with van der Waals surface area (Å²) in [4.78, 5) is 24.3. The summed E-state index contributed by atoms with van der Waals surface area (Å²) in [5.41, 5.74) is 1.51. The SMILES string of the molecule is Cc1ccc2c(COC(=O)c3ccc(S(=O)(=O)NCc4ccco4)cc3)cc(=O)oc2c1. The highest BCUT2D eigenvalue weighted by Crippen LogP contribution is 2.20. The van der Waals surface area contributed by atoms with Crippen molar-refractivity contribution in [2.24, 2.45) is 0 Å². The summed E-state index contributed by atoms with van der Waals surface area (Å²) in [5, 5.41) is 0.673. The molecule has 0 fully saturated rings. The van der Waals surface area contributed by atoms with E-state index in [1.54, 1.807) is 24.3 Å². The van der Waals surface area contributed by atoms with Crippen LogP contribution in [-0.4, -0.2) is 14.4 Å². The number of sulfonamides is 1. The molecule has 164 valence electrons. The number of rotatable bonds is 7. The Labute approximate surface area is 183 Å². The lowest BCUT2D eigenvalue weighted by Gasteiger charge is -2.09. The molecule has 8 nitrogen and oxygen atoms in total. The molecule has 0 spiro atoms. The first-order valence-corrected chi connectivity index (χ1v) is 11.1. The van der Waals surface area contributed by atoms with Gasteiger partial charge in [-0.1, -0.05) is 12.1 Å². The monoisotopic (exact) mass is 453 g/mol. The molecular weight excluding hydrogens is 434 g/mol. The standard InChI is InChI=1S/C23H19NO7S/c1-15-4-9-20-17(12-22(25)31-21(20)11-15)14-30-23(26)16-5-7-19(8-6-16)32(27,28)24-13-18-3-2-10-29-18/h2-12,24H,13-14H2,1H3. The minimum Gasteiger partial charge on any atom is -0.468 e. The molecule has 0 saturated carbocycles. The molecule has 0 unspecified atom stereocenters. The molecule has 0 aliphatic carbocycles. The largest absolute Gasteiger partial charge is 0.468 e. The highest BCUT2D eigenvalue weighted by molar-refractivity contribution is 7.89. The van der Waals surface area contributed by atoms with Gasteiger partial charge in [0.05, 0.1) is 23.3 Å². The number of furan rings is 1. The topological polar surface area (TPSA) is 116 Å². The Morgan fingerprint density at radius 3 is 2.56 bits per heavy atom. The van der Waals surface area contributed by atoms with Crippen LogP contribution in [0.5, 0.6) is 0 Å². The Hall–Kier alpha value is -3.69. The van der Waals surface area contributed by atoms with Crippen molar-refractivity contribution in [1.29, 1.82) is 0 Å². The van der Waals surface area contributed by atoms with Gasteiger partial charge in [-0.3, -0.25) is 0 Å². The van der Waals surface area contributed by atoms with E-state index in [-0.39, 0.29) is 23.6 Å². The molecule has 0 atom stereocenters. The van der Waals surface area contributed by atoms with Crippen LogP contribution < -0.4 is 10.3 Å². The van der Waals surface area contributed by atoms with Crippen LogP contribution in [0.15, 0.2) is 85.5 Å². The molecule has 32 heavy (non-hydrogen) atoms. The van der Waals surface area contributed by atoms with Crippen LogP contribution in [0, 0.1) is 6.92 Å². The summed E-state index contributed by atoms with van der Waals surface area (Å²) in [5.74, 6) is -0.169. The molecule has 2 aromatic heterocycles. The lowest BCUT2D eigenvalue weighted by atomic mass is 10.1. The number of aryl methyl sites for hydroxylation is 1. The summed E-state index contributed by atoms with van der Waals surface area (Å²) in [7, 11) is -3.77. The first-order chi connectivity index (χ1) is 15.3. The zero-order valence-electron chi connectivity index (χ0n) is 17.0. The molecular formula is C23H19NO7S. The highest BCUT2D eigenvalue weighted by Gasteiger charge is 2.16. The van der Waals surface area contributed by atoms with Crippen LogP contribution in [0.2, 0.25) is 0 Å². The number of nitrogens with one attached hydrogen (secondary N) is 1. The van der Waals surface area contributed by atoms with Crippen LogP contribution in [0.3, 0.4) is 0 Å². The van der Waals surface area contributed by atoms with E-state index in [2.05, 4.69) is 4.72 Å². The van der Waals surface area contributed by atoms with Crippen molar-refractivity contribution in [2.45, 2.75) is 25.0 Å². The van der Waals surface area contributed by atoms with Gasteiger partial charge in [0.25, 0.3) is 0 Å². The van der Waals surface area contributed by atoms with E-state index in [1.165, 1.54) is 36.6 Å². The van der Waals surface area contributed by atoms with Gasteiger partial charge in [-0.2, -0.15) is 0 Å². The number of carbonyl (C=O) groups excluding carboxylic acids is 1. The van der Waals surface area contributed by atoms with Gasteiger partial charge < -0.3 is 13.6 Å². The second-order valence-corrected chi connectivity index (χ2v) is 8.86. The molecule has 0 bridgehead atoms. The molecule has 0 radical (unpaired) electrons. The van der Waals surface area contributed by atoms with Crippen LogP contribution in [-0.2, 0) is 27.9 Å². The van der Waals surface area contributed by atoms with Crippen molar-refractivity contribution < 1.29 is 26.8 Å². The van der Waals surface area contributed by atoms with Crippen molar-refractivity contribution in [1.82, 2.24) is 4.72 Å². The first-order valence-electron chi connectivity index (χ1n) is 9.64. The highest BCUT2D eigenvalue weighted by atomic mass is 32.2. The van der Waals surface area contributed by atoms with Gasteiger partial charge in [-0.25, -0.2) is 22.7 Å². The smallest absolute Gasteiger partial charge is 0.338 e. The summed E-state index contributed by atoms with van der Waals surface area (Å²) in [6, 6.07) is 15.4. The molecule has 0 aliphatic rings. The second kappa shape index (κ2) is 8.81. The molecule has 4 aromatic rings. The molecule has 0 aliphatic heterocycles. The van der Waals surface area contributed by atoms with E-state index >= 15 is 0 Å². The summed E-state index contributed by atoms with van der Waals surface area (Å²) in [6.45, 7) is 1.76. The maximum atomic E-state index is 12.4. The number of esters is 1. The quantitative estimate of drug-likeness (QED) is 0.336. The molecule has 0 saturated heterocycles. The lowest BCUT2D eigenvalue weighted by Crippen LogP contribution is -2.23. The first kappa shape index (κ1) is 21.5. The fourth-order valence-corrected chi connectivity index (χ4v) is 4.11. The van der Waals surface area contributed by atoms with Gasteiger partial charge in [0.1, 0.15) is 18.0 Å². The van der Waals surface area contributed by atoms with Crippen LogP contribution in [0.1, 0.15) is 27.2 Å². The summed E-state index contributed by atoms with van der Waals surface area (Å²) < 4.78 is 42.8. The molecule has 9 heteroatoms. The van der Waals surface area contributed by atoms with E-state index < -0.39 is 21.6 Å². The van der Waals surface area contributed by atoms with E-state index in [4.69, 9.17) is 13.6 Å². The third-order valence-electron chi connectivity index (χ3n) is 4.76. The lowest BCUT2D eigenvalue weighted by molar-refractivity contribution is 0.0473. The number of carbonyl (C=O) groups is 1. The van der Waals surface area contributed by atoms with Gasteiger partial charge in [0.2, 0.25) is 10.0 Å². The van der Waals surface area contributed by atoms with Crippen molar-refractivity contribution in [3.05, 3.63) is 99.8 Å². The Morgan fingerprint density at radius 2 is 1.84 bits per heavy atom. The fraction of sp³-hybridized carbons (Fsp3) is 0.130. The summed E-state index contributed by atoms with van der Waals surface area (Å²) in [6.07, 6.45) is 1.45. The molecule has 1 N–H and O–H groups in total. The van der Waals surface area contributed by atoms with Crippen LogP contribution >= 0.6 is 0 Å². The molecule has 0 amide bonds. The minimum atomic E-state index is -3.77. The van der Waals surface area contributed by atoms with E-state index in [1.807, 2.05) is 13.0 Å². The van der Waals surface area contributed by atoms with Gasteiger partial charge in [0, 0.05) is 17.0 Å². The van der Waals surface area contributed by atoms with Gasteiger partial charge in [0.15, 0.2) is 0 Å². The molecule has 2 heterocycles. The number of hydrogen-bond donors (Lipinski definition) is 1. The Morgan fingerprint density at radius 1 is 1.06 bits per heavy atom. The minimum absolute atomic E-state index is 0.00244. The van der Waals surface area contributed by atoms with Crippen molar-refractivity contribution in [3.63, 3.8) is 0 Å². The third-order valence-corrected chi connectivity index (χ3v) is 6.18.